The van der Waals surface area contributed by atoms with Crippen LogP contribution in [0.25, 0.3) is 0 Å². The molecule has 68 valence electrons. The molecule has 0 atom stereocenters. The van der Waals surface area contributed by atoms with Gasteiger partial charge in [-0.25, -0.2) is 0 Å². The molecule has 0 saturated carbocycles. The van der Waals surface area contributed by atoms with Crippen molar-refractivity contribution in [1.82, 2.24) is 0 Å². The minimum absolute atomic E-state index is 0.0403. The van der Waals surface area contributed by atoms with Gasteiger partial charge in [0.2, 0.25) is 0 Å². The summed E-state index contributed by atoms with van der Waals surface area (Å²) in [6.45, 7) is 0. The van der Waals surface area contributed by atoms with Gasteiger partial charge in [-0.2, -0.15) is 13.7 Å². The molecule has 0 aliphatic heterocycles. The number of hydrogen-bond acceptors (Lipinski definition) is 4. The van der Waals surface area contributed by atoms with Gasteiger partial charge in [-0.1, -0.05) is 0 Å². The van der Waals surface area contributed by atoms with Gasteiger partial charge in [0.05, 0.1) is 11.6 Å². The maximum absolute atomic E-state index is 10.2. The van der Waals surface area contributed by atoms with Crippen molar-refractivity contribution in [3.8, 4) is 11.8 Å². The van der Waals surface area contributed by atoms with Gasteiger partial charge in [-0.3, -0.25) is 4.55 Å². The summed E-state index contributed by atoms with van der Waals surface area (Å²) >= 11 is 0. The van der Waals surface area contributed by atoms with Crippen molar-refractivity contribution in [3.63, 3.8) is 0 Å². The van der Waals surface area contributed by atoms with Crippen molar-refractivity contribution >= 4 is 10.4 Å². The van der Waals surface area contributed by atoms with Gasteiger partial charge >= 0.3 is 10.4 Å². The highest BCUT2D eigenvalue weighted by Crippen LogP contribution is 2.12. The van der Waals surface area contributed by atoms with Crippen LogP contribution in [0.1, 0.15) is 5.56 Å². The predicted octanol–water partition coefficient (Wildman–Crippen LogP) is 0.740. The Morgan fingerprint density at radius 2 is 1.85 bits per heavy atom. The van der Waals surface area contributed by atoms with E-state index < -0.39 is 10.4 Å². The summed E-state index contributed by atoms with van der Waals surface area (Å²) in [4.78, 5) is 0. The van der Waals surface area contributed by atoms with Gasteiger partial charge in [-0.05, 0) is 24.3 Å². The van der Waals surface area contributed by atoms with Crippen LogP contribution in [0.3, 0.4) is 0 Å². The number of hydrogen-bond donors (Lipinski definition) is 1. The first kappa shape index (κ1) is 9.51. The average Bonchev–Trinajstić information content (AvgIpc) is 2.03. The molecule has 1 rings (SSSR count). The van der Waals surface area contributed by atoms with Crippen LogP contribution >= 0.6 is 0 Å². The van der Waals surface area contributed by atoms with Gasteiger partial charge in [0.25, 0.3) is 0 Å². The van der Waals surface area contributed by atoms with E-state index in [-0.39, 0.29) is 5.75 Å². The Balaban J connectivity index is 2.89. The molecule has 0 amide bonds. The highest BCUT2D eigenvalue weighted by atomic mass is 32.3. The van der Waals surface area contributed by atoms with Crippen molar-refractivity contribution in [1.29, 1.82) is 5.26 Å². The van der Waals surface area contributed by atoms with Crippen molar-refractivity contribution in [2.75, 3.05) is 0 Å². The number of nitriles is 1. The maximum atomic E-state index is 10.2. The zero-order valence-electron chi connectivity index (χ0n) is 6.34. The number of benzene rings is 1. The lowest BCUT2D eigenvalue weighted by atomic mass is 10.2. The fourth-order valence-electron chi connectivity index (χ4n) is 0.707. The van der Waals surface area contributed by atoms with E-state index in [4.69, 9.17) is 9.81 Å². The van der Waals surface area contributed by atoms with E-state index in [9.17, 15) is 8.42 Å². The SMILES string of the molecule is N#Cc1ccc(OS(=O)(=O)O)cc1. The third-order valence-corrected chi connectivity index (χ3v) is 1.59. The van der Waals surface area contributed by atoms with Crippen LogP contribution in [0.15, 0.2) is 24.3 Å². The highest BCUT2D eigenvalue weighted by molar-refractivity contribution is 7.81. The van der Waals surface area contributed by atoms with Crippen molar-refractivity contribution in [2.24, 2.45) is 0 Å². The molecule has 0 unspecified atom stereocenters. The normalized spacial score (nSPS) is 10.5. The zero-order chi connectivity index (χ0) is 9.90. The molecule has 6 heteroatoms. The monoisotopic (exact) mass is 199 g/mol. The van der Waals surface area contributed by atoms with Crippen LogP contribution < -0.4 is 4.18 Å². The van der Waals surface area contributed by atoms with Gasteiger partial charge in [0.15, 0.2) is 0 Å². The molecule has 0 radical (unpaired) electrons. The number of rotatable bonds is 2. The second-order valence-electron chi connectivity index (χ2n) is 2.15. The average molecular weight is 199 g/mol. The van der Waals surface area contributed by atoms with Gasteiger partial charge in [0.1, 0.15) is 5.75 Å². The first-order chi connectivity index (χ1) is 6.01. The lowest BCUT2D eigenvalue weighted by molar-refractivity contribution is 0.387. The third-order valence-electron chi connectivity index (χ3n) is 1.18. The largest absolute Gasteiger partial charge is 0.446 e. The zero-order valence-corrected chi connectivity index (χ0v) is 7.15. The maximum Gasteiger partial charge on any atom is 0.446 e. The molecule has 0 aromatic heterocycles. The van der Waals surface area contributed by atoms with E-state index in [0.29, 0.717) is 5.56 Å². The van der Waals surface area contributed by atoms with E-state index >= 15 is 0 Å². The molecule has 0 bridgehead atoms. The standard InChI is InChI=1S/C7H5NO4S/c8-5-6-1-3-7(4-2-6)12-13(9,10)11/h1-4H,(H,9,10,11). The minimum atomic E-state index is -4.48. The Morgan fingerprint density at radius 3 is 2.23 bits per heavy atom. The van der Waals surface area contributed by atoms with Crippen molar-refractivity contribution in [2.45, 2.75) is 0 Å². The Morgan fingerprint density at radius 1 is 1.31 bits per heavy atom. The van der Waals surface area contributed by atoms with Crippen LogP contribution in [-0.2, 0) is 10.4 Å². The van der Waals surface area contributed by atoms with Crippen LogP contribution in [0.2, 0.25) is 0 Å². The first-order valence-electron chi connectivity index (χ1n) is 3.18. The molecule has 1 aromatic carbocycles. The fourth-order valence-corrected chi connectivity index (χ4v) is 1.06. The smallest absolute Gasteiger partial charge is 0.362 e. The molecule has 13 heavy (non-hydrogen) atoms. The summed E-state index contributed by atoms with van der Waals surface area (Å²) in [5, 5.41) is 8.40. The van der Waals surface area contributed by atoms with Gasteiger partial charge < -0.3 is 4.18 Å². The van der Waals surface area contributed by atoms with Crippen LogP contribution in [-0.4, -0.2) is 13.0 Å². The highest BCUT2D eigenvalue weighted by Gasteiger charge is 2.05. The lowest BCUT2D eigenvalue weighted by Crippen LogP contribution is -2.06. The summed E-state index contributed by atoms with van der Waals surface area (Å²) in [6.07, 6.45) is 0. The summed E-state index contributed by atoms with van der Waals surface area (Å²) in [7, 11) is -4.48. The molecular weight excluding hydrogens is 194 g/mol. The molecule has 0 spiro atoms. The lowest BCUT2D eigenvalue weighted by Gasteiger charge is -1.99. The molecular formula is C7H5NO4S. The minimum Gasteiger partial charge on any atom is -0.362 e. The van der Waals surface area contributed by atoms with Crippen LogP contribution in [0, 0.1) is 11.3 Å². The Kier molecular flexibility index (Phi) is 2.51. The second kappa shape index (κ2) is 3.43. The molecule has 5 nitrogen and oxygen atoms in total. The van der Waals surface area contributed by atoms with Crippen LogP contribution in [0.4, 0.5) is 0 Å². The van der Waals surface area contributed by atoms with E-state index in [1.54, 1.807) is 0 Å². The Bertz CT molecular complexity index is 429. The Labute approximate surface area is 75.1 Å². The summed E-state index contributed by atoms with van der Waals surface area (Å²) in [5.74, 6) is -0.0403. The van der Waals surface area contributed by atoms with Gasteiger partial charge in [0, 0.05) is 0 Å². The summed E-state index contributed by atoms with van der Waals surface area (Å²) in [6, 6.07) is 7.14. The van der Waals surface area contributed by atoms with E-state index in [2.05, 4.69) is 4.18 Å². The van der Waals surface area contributed by atoms with Crippen molar-refractivity contribution in [3.05, 3.63) is 29.8 Å². The summed E-state index contributed by atoms with van der Waals surface area (Å²) < 4.78 is 32.8. The van der Waals surface area contributed by atoms with E-state index in [1.165, 1.54) is 24.3 Å². The topological polar surface area (TPSA) is 87.4 Å². The van der Waals surface area contributed by atoms with E-state index in [0.717, 1.165) is 0 Å². The quantitative estimate of drug-likeness (QED) is 0.709. The van der Waals surface area contributed by atoms with Crippen LogP contribution in [0.5, 0.6) is 5.75 Å². The second-order valence-corrected chi connectivity index (χ2v) is 3.17. The third kappa shape index (κ3) is 3.11. The van der Waals surface area contributed by atoms with Gasteiger partial charge in [-0.15, -0.1) is 0 Å². The predicted molar refractivity (Wildman–Crippen MR) is 43.3 cm³/mol. The van der Waals surface area contributed by atoms with E-state index in [1.807, 2.05) is 6.07 Å². The molecule has 0 fully saturated rings. The van der Waals surface area contributed by atoms with Crippen molar-refractivity contribution < 1.29 is 17.2 Å². The molecule has 0 saturated heterocycles. The Hall–Kier alpha value is -1.58. The first-order valence-corrected chi connectivity index (χ1v) is 4.55. The molecule has 0 heterocycles. The molecule has 1 N–H and O–H groups in total. The summed E-state index contributed by atoms with van der Waals surface area (Å²) in [5.41, 5.74) is 0.377. The fraction of sp³-hybridized carbons (Fsp3) is 0. The molecule has 1 aromatic rings. The number of nitrogens with zero attached hydrogens (tertiary/aromatic N) is 1. The molecule has 0 aliphatic rings. The molecule has 0 aliphatic carbocycles.